The largest absolute Gasteiger partial charge is 0.334 e. The first kappa shape index (κ1) is 19.2. The zero-order chi connectivity index (χ0) is 16.6. The van der Waals surface area contributed by atoms with Gasteiger partial charge >= 0.3 is 0 Å². The lowest BCUT2D eigenvalue weighted by Gasteiger charge is -2.29. The van der Waals surface area contributed by atoms with Crippen LogP contribution in [0.15, 0.2) is 23.8 Å². The molecule has 2 aliphatic rings. The van der Waals surface area contributed by atoms with Crippen LogP contribution in [0, 0.1) is 5.41 Å². The first-order valence-electron chi connectivity index (χ1n) is 8.88. The van der Waals surface area contributed by atoms with E-state index < -0.39 is 0 Å². The Labute approximate surface area is 165 Å². The summed E-state index contributed by atoms with van der Waals surface area (Å²) in [6.07, 6.45) is 7.92. The van der Waals surface area contributed by atoms with Crippen molar-refractivity contribution in [1.29, 1.82) is 0 Å². The summed E-state index contributed by atoms with van der Waals surface area (Å²) in [4.78, 5) is 7.22. The van der Waals surface area contributed by atoms with E-state index in [0.717, 1.165) is 37.1 Å². The number of nitrogens with zero attached hydrogens (tertiary/aromatic N) is 3. The minimum Gasteiger partial charge on any atom is -0.334 e. The van der Waals surface area contributed by atoms with Crippen LogP contribution in [0.2, 0.25) is 4.34 Å². The molecule has 1 unspecified atom stereocenters. The number of hydrogen-bond acceptors (Lipinski definition) is 4. The summed E-state index contributed by atoms with van der Waals surface area (Å²) in [6, 6.07) is 2.83. The van der Waals surface area contributed by atoms with Crippen molar-refractivity contribution in [2.24, 2.45) is 5.41 Å². The van der Waals surface area contributed by atoms with Gasteiger partial charge in [0.1, 0.15) is 5.82 Å². The molecule has 2 aromatic heterocycles. The van der Waals surface area contributed by atoms with Gasteiger partial charge in [-0.1, -0.05) is 11.6 Å². The number of aromatic nitrogens is 2. The Morgan fingerprint density at radius 3 is 2.88 bits per heavy atom. The molecule has 25 heavy (non-hydrogen) atoms. The lowest BCUT2D eigenvalue weighted by atomic mass is 9.93. The maximum absolute atomic E-state index is 6.39. The fraction of sp³-hybridized carbons (Fsp3) is 0.611. The predicted molar refractivity (Wildman–Crippen MR) is 107 cm³/mol. The van der Waals surface area contributed by atoms with E-state index in [0.29, 0.717) is 11.5 Å². The van der Waals surface area contributed by atoms with E-state index in [1.807, 2.05) is 6.20 Å². The van der Waals surface area contributed by atoms with E-state index in [-0.39, 0.29) is 12.4 Å². The van der Waals surface area contributed by atoms with Crippen LogP contribution in [0.4, 0.5) is 0 Å². The summed E-state index contributed by atoms with van der Waals surface area (Å²) in [5, 5.41) is 5.60. The van der Waals surface area contributed by atoms with Crippen LogP contribution in [0.5, 0.6) is 0 Å². The van der Waals surface area contributed by atoms with Crippen LogP contribution < -0.4 is 5.32 Å². The molecule has 4 nitrogen and oxygen atoms in total. The minimum atomic E-state index is 0. The number of hydrogen-bond donors (Lipinski definition) is 1. The molecule has 0 amide bonds. The average molecular weight is 401 g/mol. The SMILES string of the molecule is CCn1ccnc1CN(Cc1ccsc1Cl)C1CC12CCNCC2.Cl. The van der Waals surface area contributed by atoms with Crippen molar-refractivity contribution >= 4 is 35.3 Å². The molecule has 0 bridgehead atoms. The van der Waals surface area contributed by atoms with Crippen LogP contribution in [-0.2, 0) is 19.6 Å². The number of halogens is 2. The molecule has 1 spiro atoms. The second kappa shape index (κ2) is 7.97. The number of nitrogens with one attached hydrogen (secondary N) is 1. The van der Waals surface area contributed by atoms with Crippen molar-refractivity contribution in [2.45, 2.75) is 51.9 Å². The lowest BCUT2D eigenvalue weighted by molar-refractivity contribution is 0.182. The third-order valence-corrected chi connectivity index (χ3v) is 6.99. The Hall–Kier alpha value is -0.590. The highest BCUT2D eigenvalue weighted by molar-refractivity contribution is 7.14. The van der Waals surface area contributed by atoms with Gasteiger partial charge in [-0.05, 0) is 61.7 Å². The van der Waals surface area contributed by atoms with Crippen LogP contribution in [0.25, 0.3) is 0 Å². The van der Waals surface area contributed by atoms with Crippen molar-refractivity contribution in [1.82, 2.24) is 19.8 Å². The Balaban J connectivity index is 0.00000182. The quantitative estimate of drug-likeness (QED) is 0.788. The Kier molecular flexibility index (Phi) is 6.11. The van der Waals surface area contributed by atoms with Gasteiger partial charge in [0.2, 0.25) is 0 Å². The van der Waals surface area contributed by atoms with Gasteiger partial charge in [-0.3, -0.25) is 4.90 Å². The summed E-state index contributed by atoms with van der Waals surface area (Å²) in [7, 11) is 0. The molecule has 0 radical (unpaired) electrons. The van der Waals surface area contributed by atoms with Crippen molar-refractivity contribution in [3.63, 3.8) is 0 Å². The van der Waals surface area contributed by atoms with Gasteiger partial charge in [0, 0.05) is 31.5 Å². The fourth-order valence-corrected chi connectivity index (χ4v) is 5.11. The molecule has 1 saturated carbocycles. The molecule has 1 atom stereocenters. The third-order valence-electron chi connectivity index (χ3n) is 5.74. The van der Waals surface area contributed by atoms with Crippen LogP contribution in [-0.4, -0.2) is 33.6 Å². The second-order valence-corrected chi connectivity index (χ2v) is 8.60. The molecular weight excluding hydrogens is 375 g/mol. The van der Waals surface area contributed by atoms with Crippen LogP contribution in [0.3, 0.4) is 0 Å². The first-order chi connectivity index (χ1) is 11.7. The maximum Gasteiger partial charge on any atom is 0.122 e. The lowest BCUT2D eigenvalue weighted by Crippen LogP contribution is -2.36. The van der Waals surface area contributed by atoms with Gasteiger partial charge < -0.3 is 9.88 Å². The summed E-state index contributed by atoms with van der Waals surface area (Å²) < 4.78 is 3.18. The molecule has 138 valence electrons. The Bertz CT molecular complexity index is 693. The third kappa shape index (κ3) is 3.91. The molecule has 1 aliphatic carbocycles. The molecule has 1 saturated heterocycles. The van der Waals surface area contributed by atoms with Gasteiger partial charge in [-0.25, -0.2) is 4.98 Å². The molecule has 0 aromatic carbocycles. The number of rotatable bonds is 6. The normalized spacial score (nSPS) is 21.5. The molecule has 4 rings (SSSR count). The highest BCUT2D eigenvalue weighted by atomic mass is 35.5. The predicted octanol–water partition coefficient (Wildman–Crippen LogP) is 4.18. The molecule has 3 heterocycles. The summed E-state index contributed by atoms with van der Waals surface area (Å²) in [5.74, 6) is 1.17. The highest BCUT2D eigenvalue weighted by Gasteiger charge is 2.56. The topological polar surface area (TPSA) is 33.1 Å². The standard InChI is InChI=1S/C18H25ClN4S.ClH/c1-2-22-9-8-21-16(22)13-23(12-14-3-10-24-17(14)19)15-11-18(15)4-6-20-7-5-18;/h3,8-10,15,20H,2,4-7,11-13H2,1H3;1H. The molecule has 2 aromatic rings. The monoisotopic (exact) mass is 400 g/mol. The summed E-state index contributed by atoms with van der Waals surface area (Å²) >= 11 is 8.02. The zero-order valence-corrected chi connectivity index (χ0v) is 17.0. The van der Waals surface area contributed by atoms with Gasteiger partial charge in [0.25, 0.3) is 0 Å². The van der Waals surface area contributed by atoms with Gasteiger partial charge in [0.15, 0.2) is 0 Å². The number of piperidine rings is 1. The zero-order valence-electron chi connectivity index (χ0n) is 14.6. The molecule has 1 N–H and O–H groups in total. The van der Waals surface area contributed by atoms with E-state index in [2.05, 4.69) is 44.3 Å². The van der Waals surface area contributed by atoms with Gasteiger partial charge in [-0.15, -0.1) is 23.7 Å². The molecule has 7 heteroatoms. The van der Waals surface area contributed by atoms with Gasteiger partial charge in [0.05, 0.1) is 10.9 Å². The van der Waals surface area contributed by atoms with E-state index >= 15 is 0 Å². The van der Waals surface area contributed by atoms with E-state index in [4.69, 9.17) is 11.6 Å². The second-order valence-electron chi connectivity index (χ2n) is 7.09. The number of aryl methyl sites for hydroxylation is 1. The maximum atomic E-state index is 6.39. The number of imidazole rings is 1. The van der Waals surface area contributed by atoms with Crippen molar-refractivity contribution in [3.8, 4) is 0 Å². The van der Waals surface area contributed by atoms with Crippen molar-refractivity contribution in [2.75, 3.05) is 13.1 Å². The summed E-state index contributed by atoms with van der Waals surface area (Å²) in [6.45, 7) is 7.31. The molecular formula is C18H26Cl2N4S. The van der Waals surface area contributed by atoms with E-state index in [1.165, 1.54) is 30.7 Å². The Morgan fingerprint density at radius 2 is 2.20 bits per heavy atom. The van der Waals surface area contributed by atoms with Crippen molar-refractivity contribution in [3.05, 3.63) is 39.6 Å². The number of thiophene rings is 1. The highest BCUT2D eigenvalue weighted by Crippen LogP contribution is 2.56. The van der Waals surface area contributed by atoms with Gasteiger partial charge in [-0.2, -0.15) is 0 Å². The smallest absolute Gasteiger partial charge is 0.122 e. The molecule has 2 fully saturated rings. The average Bonchev–Trinajstić information content (AvgIpc) is 2.94. The first-order valence-corrected chi connectivity index (χ1v) is 10.1. The summed E-state index contributed by atoms with van der Waals surface area (Å²) in [5.41, 5.74) is 1.78. The van der Waals surface area contributed by atoms with E-state index in [1.54, 1.807) is 11.3 Å². The minimum absolute atomic E-state index is 0. The Morgan fingerprint density at radius 1 is 1.40 bits per heavy atom. The van der Waals surface area contributed by atoms with Crippen molar-refractivity contribution < 1.29 is 0 Å². The van der Waals surface area contributed by atoms with Crippen LogP contribution >= 0.6 is 35.3 Å². The molecule has 1 aliphatic heterocycles. The van der Waals surface area contributed by atoms with Crippen LogP contribution in [0.1, 0.15) is 37.6 Å². The fourth-order valence-electron chi connectivity index (χ4n) is 4.19. The van der Waals surface area contributed by atoms with E-state index in [9.17, 15) is 0 Å².